The Morgan fingerprint density at radius 2 is 1.86 bits per heavy atom. The Hall–Kier alpha value is -3.22. The third kappa shape index (κ3) is 5.16. The van der Waals surface area contributed by atoms with Gasteiger partial charge in [-0.15, -0.1) is 0 Å². The molecule has 0 saturated carbocycles. The summed E-state index contributed by atoms with van der Waals surface area (Å²) in [5.74, 6) is -0.617. The van der Waals surface area contributed by atoms with Gasteiger partial charge in [0.15, 0.2) is 0 Å². The van der Waals surface area contributed by atoms with E-state index in [4.69, 9.17) is 27.9 Å². The van der Waals surface area contributed by atoms with Gasteiger partial charge in [0.05, 0.1) is 22.4 Å². The monoisotopic (exact) mass is 413 g/mol. The van der Waals surface area contributed by atoms with Gasteiger partial charge in [0.1, 0.15) is 5.75 Å². The first-order valence-corrected chi connectivity index (χ1v) is 8.79. The van der Waals surface area contributed by atoms with Gasteiger partial charge < -0.3 is 4.74 Å². The normalized spacial score (nSPS) is 10.6. The maximum atomic E-state index is 12.2. The Labute approximate surface area is 170 Å². The predicted octanol–water partition coefficient (Wildman–Crippen LogP) is 4.37. The van der Waals surface area contributed by atoms with Crippen molar-refractivity contribution in [3.05, 3.63) is 93.7 Å². The van der Waals surface area contributed by atoms with Crippen molar-refractivity contribution in [1.82, 2.24) is 10.4 Å². The molecule has 1 aromatic heterocycles. The molecule has 0 atom stereocenters. The van der Waals surface area contributed by atoms with Crippen LogP contribution in [0.2, 0.25) is 10.0 Å². The number of aromatic nitrogens is 1. The number of carbonyl (C=O) groups is 2. The second-order valence-corrected chi connectivity index (χ2v) is 6.37. The number of rotatable bonds is 5. The first-order valence-electron chi connectivity index (χ1n) is 8.03. The molecule has 1 heterocycles. The fourth-order valence-corrected chi connectivity index (χ4v) is 2.65. The van der Waals surface area contributed by atoms with E-state index in [2.05, 4.69) is 15.5 Å². The van der Waals surface area contributed by atoms with E-state index >= 15 is 0 Å². The van der Waals surface area contributed by atoms with Crippen LogP contribution in [0, 0.1) is 0 Å². The van der Waals surface area contributed by atoms with E-state index in [0.717, 1.165) is 0 Å². The molecule has 3 rings (SSSR count). The maximum absolute atomic E-state index is 12.2. The molecule has 0 aliphatic carbocycles. The zero-order valence-corrected chi connectivity index (χ0v) is 15.8. The van der Waals surface area contributed by atoms with E-state index in [0.29, 0.717) is 21.9 Å². The van der Waals surface area contributed by atoms with E-state index in [1.165, 1.54) is 24.5 Å². The van der Waals surface area contributed by atoms with E-state index in [1.54, 1.807) is 48.7 Å². The van der Waals surface area contributed by atoms with Crippen LogP contribution in [0.1, 0.15) is 26.3 Å². The lowest BCUT2D eigenvalue weighted by molar-refractivity contribution is 0.0734. The average Bonchev–Trinajstić information content (AvgIpc) is 2.69. The molecule has 0 saturated heterocycles. The van der Waals surface area contributed by atoms with Crippen LogP contribution in [-0.2, 0) is 0 Å². The molecule has 8 heteroatoms. The lowest BCUT2D eigenvalue weighted by Gasteiger charge is -2.06. The van der Waals surface area contributed by atoms with Gasteiger partial charge in [-0.3, -0.25) is 9.78 Å². The van der Waals surface area contributed by atoms with Crippen molar-refractivity contribution in [3.8, 4) is 5.75 Å². The minimum absolute atomic E-state index is 0.214. The number of nitrogens with one attached hydrogen (secondary N) is 1. The second kappa shape index (κ2) is 9.12. The number of nitrogens with zero attached hydrogens (tertiary/aromatic N) is 2. The summed E-state index contributed by atoms with van der Waals surface area (Å²) in [7, 11) is 0. The minimum Gasteiger partial charge on any atom is -0.423 e. The molecule has 140 valence electrons. The smallest absolute Gasteiger partial charge is 0.345 e. The van der Waals surface area contributed by atoms with Crippen LogP contribution in [-0.4, -0.2) is 23.1 Å². The highest BCUT2D eigenvalue weighted by molar-refractivity contribution is 6.36. The summed E-state index contributed by atoms with van der Waals surface area (Å²) in [6.45, 7) is 0. The summed E-state index contributed by atoms with van der Waals surface area (Å²) in [5.41, 5.74) is 3.73. The predicted molar refractivity (Wildman–Crippen MR) is 107 cm³/mol. The zero-order chi connectivity index (χ0) is 19.9. The quantitative estimate of drug-likeness (QED) is 0.291. The standard InChI is InChI=1S/C20H13Cl2N3O3/c21-15-5-8-17(18(22)10-15)20(27)28-16-6-3-13(4-7-16)11-24-25-19(26)14-2-1-9-23-12-14/h1-12H,(H,25,26)/b24-11+. The molecule has 0 aliphatic heterocycles. The van der Waals surface area contributed by atoms with Gasteiger partial charge in [-0.1, -0.05) is 23.2 Å². The lowest BCUT2D eigenvalue weighted by Crippen LogP contribution is -2.17. The summed E-state index contributed by atoms with van der Waals surface area (Å²) < 4.78 is 5.29. The van der Waals surface area contributed by atoms with Gasteiger partial charge in [-0.05, 0) is 60.2 Å². The zero-order valence-electron chi connectivity index (χ0n) is 14.3. The Balaban J connectivity index is 1.59. The van der Waals surface area contributed by atoms with E-state index in [1.807, 2.05) is 0 Å². The van der Waals surface area contributed by atoms with Gasteiger partial charge in [-0.2, -0.15) is 5.10 Å². The molecule has 0 aliphatic rings. The molecular formula is C20H13Cl2N3O3. The Morgan fingerprint density at radius 1 is 1.07 bits per heavy atom. The van der Waals surface area contributed by atoms with Crippen LogP contribution in [0.3, 0.4) is 0 Å². The molecule has 1 N–H and O–H groups in total. The van der Waals surface area contributed by atoms with Crippen LogP contribution in [0.5, 0.6) is 5.75 Å². The Kier molecular flexibility index (Phi) is 6.37. The molecule has 3 aromatic rings. The van der Waals surface area contributed by atoms with Crippen molar-refractivity contribution >= 4 is 41.3 Å². The highest BCUT2D eigenvalue weighted by atomic mass is 35.5. The van der Waals surface area contributed by atoms with Gasteiger partial charge in [0.25, 0.3) is 5.91 Å². The Bertz CT molecular complexity index is 1020. The fourth-order valence-electron chi connectivity index (χ4n) is 2.17. The number of benzene rings is 2. The number of carbonyl (C=O) groups excluding carboxylic acids is 2. The van der Waals surface area contributed by atoms with Crippen molar-refractivity contribution in [1.29, 1.82) is 0 Å². The van der Waals surface area contributed by atoms with Crippen molar-refractivity contribution in [2.24, 2.45) is 5.10 Å². The first kappa shape index (κ1) is 19.5. The van der Waals surface area contributed by atoms with Crippen LogP contribution >= 0.6 is 23.2 Å². The topological polar surface area (TPSA) is 80.6 Å². The Morgan fingerprint density at radius 3 is 2.54 bits per heavy atom. The molecule has 0 unspecified atom stereocenters. The molecule has 6 nitrogen and oxygen atoms in total. The second-order valence-electron chi connectivity index (χ2n) is 5.52. The summed E-state index contributed by atoms with van der Waals surface area (Å²) in [5, 5.41) is 4.53. The van der Waals surface area contributed by atoms with Crippen LogP contribution in [0.15, 0.2) is 72.1 Å². The van der Waals surface area contributed by atoms with E-state index in [9.17, 15) is 9.59 Å². The molecule has 0 spiro atoms. The summed E-state index contributed by atoms with van der Waals surface area (Å²) in [4.78, 5) is 27.9. The van der Waals surface area contributed by atoms with E-state index < -0.39 is 5.97 Å². The number of hydrogen-bond acceptors (Lipinski definition) is 5. The van der Waals surface area contributed by atoms with Crippen molar-refractivity contribution in [2.45, 2.75) is 0 Å². The van der Waals surface area contributed by atoms with Crippen LogP contribution in [0.4, 0.5) is 0 Å². The highest BCUT2D eigenvalue weighted by Gasteiger charge is 2.13. The molecule has 0 radical (unpaired) electrons. The molecule has 0 fully saturated rings. The summed E-state index contributed by atoms with van der Waals surface area (Å²) in [6.07, 6.45) is 4.49. The molecule has 1 amide bonds. The summed E-state index contributed by atoms with van der Waals surface area (Å²) >= 11 is 11.8. The lowest BCUT2D eigenvalue weighted by atomic mass is 10.2. The van der Waals surface area contributed by atoms with Crippen molar-refractivity contribution in [2.75, 3.05) is 0 Å². The summed E-state index contributed by atoms with van der Waals surface area (Å²) in [6, 6.07) is 14.4. The van der Waals surface area contributed by atoms with E-state index in [-0.39, 0.29) is 16.5 Å². The molecule has 0 bridgehead atoms. The fraction of sp³-hybridized carbons (Fsp3) is 0. The first-order chi connectivity index (χ1) is 13.5. The molecular weight excluding hydrogens is 401 g/mol. The third-order valence-corrected chi connectivity index (χ3v) is 4.09. The van der Waals surface area contributed by atoms with Crippen LogP contribution in [0.25, 0.3) is 0 Å². The molecule has 28 heavy (non-hydrogen) atoms. The number of hydrazone groups is 1. The van der Waals surface area contributed by atoms with Gasteiger partial charge in [0, 0.05) is 17.4 Å². The third-order valence-electron chi connectivity index (χ3n) is 3.55. The largest absolute Gasteiger partial charge is 0.423 e. The number of hydrogen-bond donors (Lipinski definition) is 1. The number of pyridine rings is 1. The number of esters is 1. The highest BCUT2D eigenvalue weighted by Crippen LogP contribution is 2.22. The molecule has 2 aromatic carbocycles. The van der Waals surface area contributed by atoms with Crippen molar-refractivity contribution in [3.63, 3.8) is 0 Å². The number of amides is 1. The number of halogens is 2. The van der Waals surface area contributed by atoms with Crippen LogP contribution < -0.4 is 10.2 Å². The van der Waals surface area contributed by atoms with Gasteiger partial charge in [-0.25, -0.2) is 10.2 Å². The maximum Gasteiger partial charge on any atom is 0.345 e. The number of ether oxygens (including phenoxy) is 1. The van der Waals surface area contributed by atoms with Gasteiger partial charge >= 0.3 is 5.97 Å². The SMILES string of the molecule is O=C(N/N=C/c1ccc(OC(=O)c2ccc(Cl)cc2Cl)cc1)c1cccnc1. The van der Waals surface area contributed by atoms with Crippen molar-refractivity contribution < 1.29 is 14.3 Å². The average molecular weight is 414 g/mol. The minimum atomic E-state index is -0.591. The van der Waals surface area contributed by atoms with Gasteiger partial charge in [0.2, 0.25) is 0 Å².